The van der Waals surface area contributed by atoms with E-state index in [1.807, 2.05) is 30.1 Å². The highest BCUT2D eigenvalue weighted by atomic mass is 35.5. The second-order valence-corrected chi connectivity index (χ2v) is 8.98. The summed E-state index contributed by atoms with van der Waals surface area (Å²) in [4.78, 5) is 21.9. The molecule has 0 saturated carbocycles. The number of fused-ring (bicyclic) bond motifs is 1. The van der Waals surface area contributed by atoms with Crippen LogP contribution in [0.3, 0.4) is 0 Å². The van der Waals surface area contributed by atoms with Crippen LogP contribution in [-0.4, -0.2) is 51.9 Å². The molecule has 1 fully saturated rings. The highest BCUT2D eigenvalue weighted by Gasteiger charge is 2.27. The predicted octanol–water partition coefficient (Wildman–Crippen LogP) is 4.82. The molecule has 6 heteroatoms. The van der Waals surface area contributed by atoms with Crippen LogP contribution in [0.2, 0.25) is 5.02 Å². The van der Waals surface area contributed by atoms with E-state index in [2.05, 4.69) is 46.7 Å². The first-order valence-electron chi connectivity index (χ1n) is 11.2. The smallest absolute Gasteiger partial charge is 0.225 e. The first-order valence-corrected chi connectivity index (χ1v) is 11.6. The second-order valence-electron chi connectivity index (χ2n) is 8.54. The minimum atomic E-state index is 0.153. The molecule has 0 N–H and O–H groups in total. The van der Waals surface area contributed by atoms with Gasteiger partial charge in [-0.05, 0) is 62.2 Å². The minimum Gasteiger partial charge on any atom is -0.346 e. The van der Waals surface area contributed by atoms with Gasteiger partial charge >= 0.3 is 0 Å². The number of imidazole rings is 1. The predicted molar refractivity (Wildman–Crippen MR) is 126 cm³/mol. The van der Waals surface area contributed by atoms with Crippen LogP contribution in [0.5, 0.6) is 0 Å². The summed E-state index contributed by atoms with van der Waals surface area (Å²) in [6, 6.07) is 16.3. The number of rotatable bonds is 7. The van der Waals surface area contributed by atoms with Gasteiger partial charge in [0.05, 0.1) is 17.6 Å². The van der Waals surface area contributed by atoms with Crippen LogP contribution in [0.25, 0.3) is 11.0 Å². The summed E-state index contributed by atoms with van der Waals surface area (Å²) in [5, 5.41) is 0.751. The number of carbonyl (C=O) groups excluding carboxylic acids is 1. The van der Waals surface area contributed by atoms with E-state index in [-0.39, 0.29) is 5.92 Å². The van der Waals surface area contributed by atoms with Gasteiger partial charge in [0.1, 0.15) is 5.82 Å². The largest absolute Gasteiger partial charge is 0.346 e. The summed E-state index contributed by atoms with van der Waals surface area (Å²) in [5.41, 5.74) is 3.38. The Labute approximate surface area is 189 Å². The summed E-state index contributed by atoms with van der Waals surface area (Å²) in [7, 11) is 1.93. The van der Waals surface area contributed by atoms with Crippen molar-refractivity contribution in [2.24, 2.45) is 5.92 Å². The lowest BCUT2D eigenvalue weighted by atomic mass is 9.95. The average molecular weight is 439 g/mol. The molecule has 0 radical (unpaired) electrons. The Balaban J connectivity index is 1.47. The number of piperidine rings is 1. The zero-order valence-corrected chi connectivity index (χ0v) is 19.2. The Morgan fingerprint density at radius 3 is 2.52 bits per heavy atom. The number of hydrogen-bond donors (Lipinski definition) is 0. The molecule has 1 amide bonds. The number of halogens is 1. The Morgan fingerprint density at radius 2 is 1.81 bits per heavy atom. The number of nitrogens with zero attached hydrogens (tertiary/aromatic N) is 4. The Morgan fingerprint density at radius 1 is 1.10 bits per heavy atom. The number of aromatic nitrogens is 2. The van der Waals surface area contributed by atoms with Crippen LogP contribution in [0.15, 0.2) is 48.5 Å². The topological polar surface area (TPSA) is 41.4 Å². The molecule has 1 saturated heterocycles. The first-order chi connectivity index (χ1) is 15.0. The molecular weight excluding hydrogens is 408 g/mol. The fourth-order valence-electron chi connectivity index (χ4n) is 4.49. The van der Waals surface area contributed by atoms with Crippen molar-refractivity contribution in [3.63, 3.8) is 0 Å². The second kappa shape index (κ2) is 9.84. The monoisotopic (exact) mass is 438 g/mol. The van der Waals surface area contributed by atoms with Crippen molar-refractivity contribution >= 4 is 28.5 Å². The van der Waals surface area contributed by atoms with E-state index in [0.717, 1.165) is 73.9 Å². The molecule has 1 aliphatic rings. The van der Waals surface area contributed by atoms with Gasteiger partial charge in [-0.15, -0.1) is 0 Å². The zero-order chi connectivity index (χ0) is 21.8. The lowest BCUT2D eigenvalue weighted by Gasteiger charge is -2.33. The van der Waals surface area contributed by atoms with E-state index in [1.165, 1.54) is 5.56 Å². The molecule has 31 heavy (non-hydrogen) atoms. The maximum atomic E-state index is 12.6. The number of para-hydroxylation sites is 2. The number of likely N-dealkylation sites (tertiary alicyclic amines) is 1. The lowest BCUT2D eigenvalue weighted by Crippen LogP contribution is -2.41. The summed E-state index contributed by atoms with van der Waals surface area (Å²) < 4.78 is 2.31. The quantitative estimate of drug-likeness (QED) is 0.531. The molecule has 5 nitrogen and oxygen atoms in total. The molecule has 164 valence electrons. The lowest BCUT2D eigenvalue weighted by molar-refractivity contribution is -0.135. The maximum Gasteiger partial charge on any atom is 0.225 e. The van der Waals surface area contributed by atoms with Gasteiger partial charge in [-0.2, -0.15) is 0 Å². The Hall–Kier alpha value is -2.37. The first kappa shape index (κ1) is 21.8. The van der Waals surface area contributed by atoms with Crippen LogP contribution < -0.4 is 0 Å². The fraction of sp³-hybridized carbons (Fsp3) is 0.440. The van der Waals surface area contributed by atoms with E-state index in [1.54, 1.807) is 0 Å². The van der Waals surface area contributed by atoms with Gasteiger partial charge in [-0.1, -0.05) is 42.8 Å². The van der Waals surface area contributed by atoms with E-state index in [0.29, 0.717) is 5.91 Å². The molecule has 2 aromatic carbocycles. The Bertz CT molecular complexity index is 1020. The van der Waals surface area contributed by atoms with E-state index >= 15 is 0 Å². The average Bonchev–Trinajstić information content (AvgIpc) is 3.12. The molecule has 1 aromatic heterocycles. The molecule has 0 bridgehead atoms. The van der Waals surface area contributed by atoms with Gasteiger partial charge in [0.15, 0.2) is 0 Å². The summed E-state index contributed by atoms with van der Waals surface area (Å²) >= 11 is 6.07. The molecule has 0 aliphatic carbocycles. The standard InChI is InChI=1S/C25H31ClN4O/c1-3-14-28(2)25(31)20-12-15-29(16-13-20)18-24-27-22-6-4-5-7-23(22)30(24)17-19-8-10-21(26)11-9-19/h4-11,20H,3,12-18H2,1-2H3. The van der Waals surface area contributed by atoms with Crippen molar-refractivity contribution in [3.05, 3.63) is 64.9 Å². The van der Waals surface area contributed by atoms with Gasteiger partial charge in [0.2, 0.25) is 5.91 Å². The maximum absolute atomic E-state index is 12.6. The molecule has 2 heterocycles. The van der Waals surface area contributed by atoms with Crippen molar-refractivity contribution in [1.29, 1.82) is 0 Å². The van der Waals surface area contributed by atoms with Crippen molar-refractivity contribution in [3.8, 4) is 0 Å². The summed E-state index contributed by atoms with van der Waals surface area (Å²) in [6.45, 7) is 6.38. The number of amides is 1. The third-order valence-corrected chi connectivity index (χ3v) is 6.48. The van der Waals surface area contributed by atoms with Gasteiger partial charge in [0, 0.05) is 31.1 Å². The van der Waals surface area contributed by atoms with Crippen molar-refractivity contribution in [2.45, 2.75) is 39.3 Å². The van der Waals surface area contributed by atoms with Crippen molar-refractivity contribution < 1.29 is 4.79 Å². The number of carbonyl (C=O) groups is 1. The highest BCUT2D eigenvalue weighted by Crippen LogP contribution is 2.24. The van der Waals surface area contributed by atoms with Crippen LogP contribution in [-0.2, 0) is 17.9 Å². The van der Waals surface area contributed by atoms with Crippen LogP contribution in [0.1, 0.15) is 37.6 Å². The molecule has 1 aliphatic heterocycles. The van der Waals surface area contributed by atoms with Crippen LogP contribution in [0.4, 0.5) is 0 Å². The molecule has 3 aromatic rings. The Kier molecular flexibility index (Phi) is 6.93. The third kappa shape index (κ3) is 5.10. The number of benzene rings is 2. The summed E-state index contributed by atoms with van der Waals surface area (Å²) in [5.74, 6) is 1.53. The van der Waals surface area contributed by atoms with Gasteiger partial charge in [0.25, 0.3) is 0 Å². The molecule has 0 spiro atoms. The molecular formula is C25H31ClN4O. The van der Waals surface area contributed by atoms with Gasteiger partial charge in [-0.25, -0.2) is 4.98 Å². The van der Waals surface area contributed by atoms with E-state index in [9.17, 15) is 4.79 Å². The minimum absolute atomic E-state index is 0.153. The molecule has 4 rings (SSSR count). The number of hydrogen-bond acceptors (Lipinski definition) is 3. The zero-order valence-electron chi connectivity index (χ0n) is 18.4. The SMILES string of the molecule is CCCN(C)C(=O)C1CCN(Cc2nc3ccccc3n2Cc2ccc(Cl)cc2)CC1. The molecule has 0 unspecified atom stereocenters. The van der Waals surface area contributed by atoms with Crippen LogP contribution >= 0.6 is 11.6 Å². The molecule has 0 atom stereocenters. The highest BCUT2D eigenvalue weighted by molar-refractivity contribution is 6.30. The third-order valence-electron chi connectivity index (χ3n) is 6.22. The summed E-state index contributed by atoms with van der Waals surface area (Å²) in [6.07, 6.45) is 2.85. The van der Waals surface area contributed by atoms with E-state index < -0.39 is 0 Å². The van der Waals surface area contributed by atoms with Crippen LogP contribution in [0, 0.1) is 5.92 Å². The van der Waals surface area contributed by atoms with E-state index in [4.69, 9.17) is 16.6 Å². The van der Waals surface area contributed by atoms with Gasteiger partial charge < -0.3 is 9.47 Å². The fourth-order valence-corrected chi connectivity index (χ4v) is 4.62. The van der Waals surface area contributed by atoms with Crippen molar-refractivity contribution in [1.82, 2.24) is 19.4 Å². The normalized spacial score (nSPS) is 15.5. The van der Waals surface area contributed by atoms with Gasteiger partial charge in [-0.3, -0.25) is 9.69 Å². The van der Waals surface area contributed by atoms with Crippen molar-refractivity contribution in [2.75, 3.05) is 26.7 Å².